The quantitative estimate of drug-likeness (QED) is 0.222. The van der Waals surface area contributed by atoms with Gasteiger partial charge in [-0.3, -0.25) is 9.36 Å². The van der Waals surface area contributed by atoms with Crippen LogP contribution in [0.4, 0.5) is 5.13 Å². The van der Waals surface area contributed by atoms with Crippen molar-refractivity contribution in [1.29, 1.82) is 0 Å². The molecule has 0 unspecified atom stereocenters. The molecular weight excluding hydrogens is 526 g/mol. The number of fused-ring (bicyclic) bond motifs is 2. The van der Waals surface area contributed by atoms with Gasteiger partial charge >= 0.3 is 0 Å². The molecule has 1 N–H and O–H groups in total. The molecule has 9 heteroatoms. The minimum Gasteiger partial charge on any atom is -0.461 e. The maximum Gasteiger partial charge on any atom is 0.236 e. The van der Waals surface area contributed by atoms with Crippen LogP contribution in [0.25, 0.3) is 22.8 Å². The Morgan fingerprint density at radius 2 is 2.00 bits per heavy atom. The molecule has 1 amide bonds. The fourth-order valence-electron chi connectivity index (χ4n) is 6.28. The first-order chi connectivity index (χ1) is 18.8. The van der Waals surface area contributed by atoms with Crippen molar-refractivity contribution in [1.82, 2.24) is 19.7 Å². The molecular formula is C30H35N5O2S2. The number of hydrogen-bond donors (Lipinski definition) is 1. The van der Waals surface area contributed by atoms with Crippen molar-refractivity contribution in [3.63, 3.8) is 0 Å². The second kappa shape index (κ2) is 10.6. The van der Waals surface area contributed by atoms with E-state index in [1.807, 2.05) is 17.5 Å². The van der Waals surface area contributed by atoms with E-state index in [9.17, 15) is 4.79 Å². The summed E-state index contributed by atoms with van der Waals surface area (Å²) in [7, 11) is 0. The van der Waals surface area contributed by atoms with Gasteiger partial charge < -0.3 is 9.73 Å². The van der Waals surface area contributed by atoms with E-state index in [0.717, 1.165) is 34.1 Å². The van der Waals surface area contributed by atoms with Crippen LogP contribution in [0.15, 0.2) is 57.6 Å². The van der Waals surface area contributed by atoms with Gasteiger partial charge in [0.2, 0.25) is 11.7 Å². The summed E-state index contributed by atoms with van der Waals surface area (Å²) in [6.45, 7) is 8.89. The fourth-order valence-corrected chi connectivity index (χ4v) is 7.84. The summed E-state index contributed by atoms with van der Waals surface area (Å²) in [5.41, 5.74) is 3.30. The lowest BCUT2D eigenvalue weighted by Gasteiger charge is -2.30. The van der Waals surface area contributed by atoms with Gasteiger partial charge in [0.25, 0.3) is 0 Å². The van der Waals surface area contributed by atoms with Crippen LogP contribution in [-0.4, -0.2) is 31.4 Å². The SMILES string of the molecule is C[C@@H]([C@@H]1C[C@@H]2CC[C@@H]1C2)n1c(SCC(=O)Nc2nc(-c3ccc(C(C)(C)C)cc3)cs2)nnc1-c1ccco1. The molecule has 4 aromatic rings. The normalized spacial score (nSPS) is 21.4. The number of nitrogens with one attached hydrogen (secondary N) is 1. The third kappa shape index (κ3) is 5.43. The van der Waals surface area contributed by atoms with Crippen LogP contribution in [0, 0.1) is 17.8 Å². The second-order valence-corrected chi connectivity index (χ2v) is 13.7. The van der Waals surface area contributed by atoms with Crippen LogP contribution in [-0.2, 0) is 10.2 Å². The molecule has 0 saturated heterocycles. The number of rotatable bonds is 8. The average Bonchev–Trinajstić information content (AvgIpc) is 3.75. The van der Waals surface area contributed by atoms with Gasteiger partial charge in [0.05, 0.1) is 17.7 Å². The lowest BCUT2D eigenvalue weighted by Crippen LogP contribution is -2.23. The van der Waals surface area contributed by atoms with E-state index in [2.05, 4.69) is 77.0 Å². The lowest BCUT2D eigenvalue weighted by atomic mass is 9.84. The zero-order chi connectivity index (χ0) is 27.1. The van der Waals surface area contributed by atoms with Gasteiger partial charge in [-0.05, 0) is 67.1 Å². The highest BCUT2D eigenvalue weighted by atomic mass is 32.2. The molecule has 204 valence electrons. The van der Waals surface area contributed by atoms with E-state index in [-0.39, 0.29) is 23.1 Å². The van der Waals surface area contributed by atoms with E-state index in [1.165, 1.54) is 54.3 Å². The molecule has 2 saturated carbocycles. The van der Waals surface area contributed by atoms with Crippen molar-refractivity contribution in [3.05, 3.63) is 53.6 Å². The minimum atomic E-state index is -0.106. The summed E-state index contributed by atoms with van der Waals surface area (Å²) < 4.78 is 7.90. The summed E-state index contributed by atoms with van der Waals surface area (Å²) in [4.78, 5) is 17.6. The van der Waals surface area contributed by atoms with Gasteiger partial charge in [0.1, 0.15) is 0 Å². The summed E-state index contributed by atoms with van der Waals surface area (Å²) >= 11 is 2.86. The number of aromatic nitrogens is 4. The molecule has 2 aliphatic rings. The lowest BCUT2D eigenvalue weighted by molar-refractivity contribution is -0.113. The van der Waals surface area contributed by atoms with E-state index in [0.29, 0.717) is 16.8 Å². The molecule has 6 rings (SSSR count). The highest BCUT2D eigenvalue weighted by Gasteiger charge is 2.43. The predicted octanol–water partition coefficient (Wildman–Crippen LogP) is 7.69. The number of furan rings is 1. The van der Waals surface area contributed by atoms with Crippen molar-refractivity contribution in [2.75, 3.05) is 11.1 Å². The van der Waals surface area contributed by atoms with Gasteiger partial charge in [-0.1, -0.05) is 63.2 Å². The Bertz CT molecular complexity index is 1430. The van der Waals surface area contributed by atoms with Crippen LogP contribution < -0.4 is 5.32 Å². The van der Waals surface area contributed by atoms with Gasteiger partial charge in [-0.15, -0.1) is 21.5 Å². The van der Waals surface area contributed by atoms with Gasteiger partial charge in [-0.2, -0.15) is 0 Å². The standard InChI is InChI=1S/C30H35N5O2S2/c1-18(23-15-19-7-8-21(23)14-19)35-27(25-6-5-13-37-25)33-34-29(35)39-17-26(36)32-28-31-24(16-38-28)20-9-11-22(12-10-20)30(2,3)4/h5-6,9-13,16,18-19,21,23H,7-8,14-15,17H2,1-4H3,(H,31,32,36)/t18-,19+,21+,23-/m0/s1. The van der Waals surface area contributed by atoms with Crippen LogP contribution in [0.5, 0.6) is 0 Å². The van der Waals surface area contributed by atoms with E-state index >= 15 is 0 Å². The number of thioether (sulfide) groups is 1. The fraction of sp³-hybridized carbons (Fsp3) is 0.467. The first kappa shape index (κ1) is 26.3. The topological polar surface area (TPSA) is 85.8 Å². The predicted molar refractivity (Wildman–Crippen MR) is 157 cm³/mol. The Labute approximate surface area is 237 Å². The summed E-state index contributed by atoms with van der Waals surface area (Å²) in [6.07, 6.45) is 6.95. The monoisotopic (exact) mass is 561 g/mol. The Morgan fingerprint density at radius 3 is 2.67 bits per heavy atom. The number of carbonyl (C=O) groups excluding carboxylic acids is 1. The molecule has 0 aliphatic heterocycles. The van der Waals surface area contributed by atoms with Gasteiger partial charge in [0, 0.05) is 17.0 Å². The van der Waals surface area contributed by atoms with E-state index in [1.54, 1.807) is 6.26 Å². The Hall–Kier alpha value is -2.91. The molecule has 2 bridgehead atoms. The molecule has 3 aromatic heterocycles. The van der Waals surface area contributed by atoms with E-state index in [4.69, 9.17) is 4.42 Å². The summed E-state index contributed by atoms with van der Waals surface area (Å²) in [5.74, 6) is 3.79. The molecule has 7 nitrogen and oxygen atoms in total. The van der Waals surface area contributed by atoms with Crippen molar-refractivity contribution in [2.24, 2.45) is 17.8 Å². The largest absolute Gasteiger partial charge is 0.461 e. The number of anilines is 1. The Balaban J connectivity index is 1.13. The van der Waals surface area contributed by atoms with Crippen molar-refractivity contribution >= 4 is 34.1 Å². The van der Waals surface area contributed by atoms with Gasteiger partial charge in [0.15, 0.2) is 16.0 Å². The van der Waals surface area contributed by atoms with Crippen molar-refractivity contribution in [3.8, 4) is 22.8 Å². The van der Waals surface area contributed by atoms with Crippen LogP contribution in [0.1, 0.15) is 65.0 Å². The van der Waals surface area contributed by atoms with Crippen LogP contribution in [0.2, 0.25) is 0 Å². The van der Waals surface area contributed by atoms with Crippen LogP contribution in [0.3, 0.4) is 0 Å². The zero-order valence-corrected chi connectivity index (χ0v) is 24.5. The zero-order valence-electron chi connectivity index (χ0n) is 22.9. The number of hydrogen-bond acceptors (Lipinski definition) is 7. The second-order valence-electron chi connectivity index (χ2n) is 11.9. The molecule has 39 heavy (non-hydrogen) atoms. The van der Waals surface area contributed by atoms with Crippen LogP contribution >= 0.6 is 23.1 Å². The molecule has 2 fully saturated rings. The first-order valence-electron chi connectivity index (χ1n) is 13.7. The third-order valence-electron chi connectivity index (χ3n) is 8.36. The Morgan fingerprint density at radius 1 is 1.18 bits per heavy atom. The number of amides is 1. The highest BCUT2D eigenvalue weighted by Crippen LogP contribution is 2.53. The number of nitrogens with zero attached hydrogens (tertiary/aromatic N) is 4. The molecule has 4 atom stereocenters. The molecule has 0 radical (unpaired) electrons. The summed E-state index contributed by atoms with van der Waals surface area (Å²) in [5, 5.41) is 15.3. The third-order valence-corrected chi connectivity index (χ3v) is 10.1. The molecule has 0 spiro atoms. The maximum absolute atomic E-state index is 12.9. The molecule has 2 aliphatic carbocycles. The Kier molecular flexibility index (Phi) is 7.14. The molecule has 3 heterocycles. The average molecular weight is 562 g/mol. The smallest absolute Gasteiger partial charge is 0.236 e. The number of thiazole rings is 1. The minimum absolute atomic E-state index is 0.106. The van der Waals surface area contributed by atoms with E-state index < -0.39 is 0 Å². The molecule has 1 aromatic carbocycles. The van der Waals surface area contributed by atoms with Crippen molar-refractivity contribution in [2.45, 2.75) is 70.0 Å². The highest BCUT2D eigenvalue weighted by molar-refractivity contribution is 7.99. The first-order valence-corrected chi connectivity index (χ1v) is 15.6. The van der Waals surface area contributed by atoms with Crippen molar-refractivity contribution < 1.29 is 9.21 Å². The number of benzene rings is 1. The summed E-state index contributed by atoms with van der Waals surface area (Å²) in [6, 6.07) is 12.5. The van der Waals surface area contributed by atoms with Gasteiger partial charge in [-0.25, -0.2) is 4.98 Å². The maximum atomic E-state index is 12.9. The number of carbonyl (C=O) groups is 1.